The molecule has 17 heavy (non-hydrogen) atoms. The summed E-state index contributed by atoms with van der Waals surface area (Å²) in [7, 11) is 0. The zero-order valence-electron chi connectivity index (χ0n) is 10.1. The molecular weight excluding hydrogens is 238 g/mol. The van der Waals surface area contributed by atoms with Gasteiger partial charge in [-0.2, -0.15) is 0 Å². The van der Waals surface area contributed by atoms with E-state index in [2.05, 4.69) is 5.32 Å². The van der Waals surface area contributed by atoms with Crippen molar-refractivity contribution in [3.05, 3.63) is 23.7 Å². The predicted octanol–water partition coefficient (Wildman–Crippen LogP) is 1.93. The van der Waals surface area contributed by atoms with Gasteiger partial charge in [-0.15, -0.1) is 11.8 Å². The Morgan fingerprint density at radius 3 is 2.94 bits per heavy atom. The molecule has 1 rings (SSSR count). The van der Waals surface area contributed by atoms with Crippen LogP contribution in [0.25, 0.3) is 0 Å². The second-order valence-electron chi connectivity index (χ2n) is 3.81. The Kier molecular flexibility index (Phi) is 6.81. The van der Waals surface area contributed by atoms with Gasteiger partial charge < -0.3 is 14.8 Å². The standard InChI is InChI=1S/C12H19NO3S/c1-10-4-5-11(16-10)3-2-6-13-7-8-17-9-12(14)15/h4-5,13H,2-3,6-9H2,1H3,(H,14,15). The highest BCUT2D eigenvalue weighted by Crippen LogP contribution is 2.07. The number of hydrogen-bond acceptors (Lipinski definition) is 4. The summed E-state index contributed by atoms with van der Waals surface area (Å²) in [5, 5.41) is 11.7. The topological polar surface area (TPSA) is 62.5 Å². The lowest BCUT2D eigenvalue weighted by Gasteiger charge is -2.02. The SMILES string of the molecule is Cc1ccc(CCCNCCSCC(=O)O)o1. The van der Waals surface area contributed by atoms with Crippen LogP contribution < -0.4 is 5.32 Å². The van der Waals surface area contributed by atoms with Gasteiger partial charge in [0.2, 0.25) is 0 Å². The van der Waals surface area contributed by atoms with Gasteiger partial charge in [-0.1, -0.05) is 0 Å². The van der Waals surface area contributed by atoms with Gasteiger partial charge in [0.1, 0.15) is 11.5 Å². The fourth-order valence-electron chi connectivity index (χ4n) is 1.44. The number of furan rings is 1. The van der Waals surface area contributed by atoms with Gasteiger partial charge in [0.25, 0.3) is 0 Å². The number of carbonyl (C=O) groups is 1. The molecule has 0 saturated carbocycles. The second-order valence-corrected chi connectivity index (χ2v) is 4.92. The van der Waals surface area contributed by atoms with E-state index in [0.29, 0.717) is 0 Å². The fourth-order valence-corrected chi connectivity index (χ4v) is 2.04. The number of carboxylic acid groups (broad SMARTS) is 1. The molecule has 5 heteroatoms. The molecule has 1 aromatic rings. The molecule has 0 aliphatic carbocycles. The van der Waals surface area contributed by atoms with Crippen molar-refractivity contribution < 1.29 is 14.3 Å². The van der Waals surface area contributed by atoms with Crippen molar-refractivity contribution in [2.24, 2.45) is 0 Å². The van der Waals surface area contributed by atoms with E-state index < -0.39 is 5.97 Å². The molecule has 4 nitrogen and oxygen atoms in total. The summed E-state index contributed by atoms with van der Waals surface area (Å²) in [6.45, 7) is 3.74. The highest BCUT2D eigenvalue weighted by molar-refractivity contribution is 7.99. The summed E-state index contributed by atoms with van der Waals surface area (Å²) >= 11 is 1.44. The van der Waals surface area contributed by atoms with E-state index >= 15 is 0 Å². The molecule has 0 bridgehead atoms. The number of thioether (sulfide) groups is 1. The van der Waals surface area contributed by atoms with Crippen LogP contribution in [0.2, 0.25) is 0 Å². The lowest BCUT2D eigenvalue weighted by molar-refractivity contribution is -0.133. The summed E-state index contributed by atoms with van der Waals surface area (Å²) in [4.78, 5) is 10.2. The van der Waals surface area contributed by atoms with Crippen molar-refractivity contribution in [2.75, 3.05) is 24.6 Å². The third-order valence-corrected chi connectivity index (χ3v) is 3.17. The van der Waals surface area contributed by atoms with Crippen molar-refractivity contribution in [3.8, 4) is 0 Å². The molecule has 96 valence electrons. The van der Waals surface area contributed by atoms with E-state index in [1.807, 2.05) is 19.1 Å². The van der Waals surface area contributed by atoms with Crippen LogP contribution in [0.3, 0.4) is 0 Å². The Morgan fingerprint density at radius 1 is 1.47 bits per heavy atom. The minimum absolute atomic E-state index is 0.188. The minimum Gasteiger partial charge on any atom is -0.481 e. The lowest BCUT2D eigenvalue weighted by atomic mass is 10.2. The van der Waals surface area contributed by atoms with Crippen molar-refractivity contribution >= 4 is 17.7 Å². The molecule has 0 fully saturated rings. The quantitative estimate of drug-likeness (QED) is 0.662. The monoisotopic (exact) mass is 257 g/mol. The molecular formula is C12H19NO3S. The maximum absolute atomic E-state index is 10.2. The van der Waals surface area contributed by atoms with Gasteiger partial charge in [0, 0.05) is 18.7 Å². The number of nitrogens with one attached hydrogen (secondary N) is 1. The normalized spacial score (nSPS) is 10.6. The van der Waals surface area contributed by atoms with E-state index in [9.17, 15) is 4.79 Å². The van der Waals surface area contributed by atoms with E-state index in [1.165, 1.54) is 11.8 Å². The second kappa shape index (κ2) is 8.20. The molecule has 1 heterocycles. The van der Waals surface area contributed by atoms with Gasteiger partial charge in [0.15, 0.2) is 0 Å². The molecule has 0 radical (unpaired) electrons. The molecule has 0 saturated heterocycles. The molecule has 0 aliphatic rings. The van der Waals surface area contributed by atoms with Crippen LogP contribution in [0, 0.1) is 6.92 Å². The first-order valence-electron chi connectivity index (χ1n) is 5.74. The molecule has 0 atom stereocenters. The molecule has 1 aromatic heterocycles. The summed E-state index contributed by atoms with van der Waals surface area (Å²) in [5.74, 6) is 2.27. The molecule has 0 amide bonds. The van der Waals surface area contributed by atoms with E-state index in [0.717, 1.165) is 43.2 Å². The molecule has 0 unspecified atom stereocenters. The maximum Gasteiger partial charge on any atom is 0.313 e. The van der Waals surface area contributed by atoms with Crippen LogP contribution in [0.15, 0.2) is 16.5 Å². The zero-order chi connectivity index (χ0) is 12.5. The molecule has 0 aliphatic heterocycles. The Bertz CT molecular complexity index is 338. The van der Waals surface area contributed by atoms with E-state index in [1.54, 1.807) is 0 Å². The maximum atomic E-state index is 10.2. The highest BCUT2D eigenvalue weighted by Gasteiger charge is 1.98. The van der Waals surface area contributed by atoms with Gasteiger partial charge >= 0.3 is 5.97 Å². The van der Waals surface area contributed by atoms with E-state index in [-0.39, 0.29) is 5.75 Å². The van der Waals surface area contributed by atoms with Crippen molar-refractivity contribution in [1.29, 1.82) is 0 Å². The number of hydrogen-bond donors (Lipinski definition) is 2. The fraction of sp³-hybridized carbons (Fsp3) is 0.583. The van der Waals surface area contributed by atoms with Crippen molar-refractivity contribution in [1.82, 2.24) is 5.32 Å². The highest BCUT2D eigenvalue weighted by atomic mass is 32.2. The van der Waals surface area contributed by atoms with Crippen LogP contribution in [0.4, 0.5) is 0 Å². The lowest BCUT2D eigenvalue weighted by Crippen LogP contribution is -2.19. The first kappa shape index (κ1) is 14.1. The zero-order valence-corrected chi connectivity index (χ0v) is 10.9. The smallest absolute Gasteiger partial charge is 0.313 e. The Labute approximate surface area is 106 Å². The third-order valence-electron chi connectivity index (χ3n) is 2.22. The van der Waals surface area contributed by atoms with Crippen LogP contribution in [-0.2, 0) is 11.2 Å². The average Bonchev–Trinajstić information content (AvgIpc) is 2.68. The number of rotatable bonds is 9. The Morgan fingerprint density at radius 2 is 2.29 bits per heavy atom. The number of aryl methyl sites for hydroxylation is 2. The molecule has 0 spiro atoms. The van der Waals surface area contributed by atoms with Crippen LogP contribution >= 0.6 is 11.8 Å². The van der Waals surface area contributed by atoms with E-state index in [4.69, 9.17) is 9.52 Å². The average molecular weight is 257 g/mol. The van der Waals surface area contributed by atoms with Gasteiger partial charge in [-0.25, -0.2) is 0 Å². The summed E-state index contributed by atoms with van der Waals surface area (Å²) < 4.78 is 5.46. The van der Waals surface area contributed by atoms with Crippen LogP contribution in [-0.4, -0.2) is 35.7 Å². The summed E-state index contributed by atoms with van der Waals surface area (Å²) in [6.07, 6.45) is 1.99. The van der Waals surface area contributed by atoms with Crippen LogP contribution in [0.5, 0.6) is 0 Å². The first-order valence-corrected chi connectivity index (χ1v) is 6.89. The molecule has 0 aromatic carbocycles. The van der Waals surface area contributed by atoms with Gasteiger partial charge in [0.05, 0.1) is 5.75 Å². The van der Waals surface area contributed by atoms with Crippen molar-refractivity contribution in [3.63, 3.8) is 0 Å². The summed E-state index contributed by atoms with van der Waals surface area (Å²) in [6, 6.07) is 3.99. The van der Waals surface area contributed by atoms with Gasteiger partial charge in [-0.05, 0) is 32.0 Å². The predicted molar refractivity (Wildman–Crippen MR) is 69.6 cm³/mol. The minimum atomic E-state index is -0.747. The third kappa shape index (κ3) is 7.07. The number of carboxylic acids is 1. The molecule has 2 N–H and O–H groups in total. The van der Waals surface area contributed by atoms with Gasteiger partial charge in [-0.3, -0.25) is 4.79 Å². The number of aliphatic carboxylic acids is 1. The summed E-state index contributed by atoms with van der Waals surface area (Å²) in [5.41, 5.74) is 0. The Balaban J connectivity index is 1.89. The van der Waals surface area contributed by atoms with Crippen LogP contribution in [0.1, 0.15) is 17.9 Å². The van der Waals surface area contributed by atoms with Crippen molar-refractivity contribution in [2.45, 2.75) is 19.8 Å². The largest absolute Gasteiger partial charge is 0.481 e. The Hall–Kier alpha value is -0.940. The first-order chi connectivity index (χ1) is 8.18.